The van der Waals surface area contributed by atoms with E-state index in [0.717, 1.165) is 89.9 Å². The molecule has 19 heteroatoms. The summed E-state index contributed by atoms with van der Waals surface area (Å²) >= 11 is 0. The number of ketones is 2. The highest BCUT2D eigenvalue weighted by atomic mass is 16.5. The molecule has 1 unspecified atom stereocenters. The van der Waals surface area contributed by atoms with Crippen molar-refractivity contribution >= 4 is 52.9 Å². The molecule has 0 aliphatic rings. The van der Waals surface area contributed by atoms with E-state index in [1.165, 1.54) is 0 Å². The third-order valence-corrected chi connectivity index (χ3v) is 14.6. The van der Waals surface area contributed by atoms with Gasteiger partial charge in [0, 0.05) is 104 Å². The molecule has 7 amide bonds. The van der Waals surface area contributed by atoms with Gasteiger partial charge in [0.25, 0.3) is 0 Å². The Kier molecular flexibility index (Phi) is 46.4. The lowest BCUT2D eigenvalue weighted by Gasteiger charge is -2.34. The predicted octanol–water partition coefficient (Wildman–Crippen LogP) is 10.8. The number of amides is 7. The molecule has 88 heavy (non-hydrogen) atoms. The van der Waals surface area contributed by atoms with Crippen molar-refractivity contribution in [3.05, 3.63) is 12.2 Å². The van der Waals surface area contributed by atoms with Gasteiger partial charge in [-0.3, -0.25) is 43.2 Å². The van der Waals surface area contributed by atoms with Crippen LogP contribution in [0.2, 0.25) is 0 Å². The molecular formula is C69H127N7O12. The second-order valence-electron chi connectivity index (χ2n) is 28.9. The number of hydrogen-bond donors (Lipinski definition) is 7. The molecule has 0 fully saturated rings. The zero-order valence-corrected chi connectivity index (χ0v) is 57.5. The SMILES string of the molecule is CC(C)(C)/C=C/C(=O)CCCCCCCNC(=O)CCCC(=O)NC(CCOCC(=O)NCCCNC(=O)CCCCC(C)(C)C)(COCCC(=O)NCCCCC(=O)CCCCC(C)(C)C)COCCC(=O)NCCCNC(=O)CCCCC(C)(C)C. The number of nitrogens with one attached hydrogen (secondary N) is 7. The van der Waals surface area contributed by atoms with Gasteiger partial charge in [-0.1, -0.05) is 128 Å². The van der Waals surface area contributed by atoms with E-state index < -0.39 is 5.54 Å². The lowest BCUT2D eigenvalue weighted by molar-refractivity contribution is -0.130. The molecule has 0 saturated heterocycles. The topological polar surface area (TPSA) is 266 Å². The average Bonchev–Trinajstić information content (AvgIpc) is 3.64. The minimum Gasteiger partial charge on any atom is -0.378 e. The Hall–Kier alpha value is -4.75. The van der Waals surface area contributed by atoms with E-state index >= 15 is 0 Å². The van der Waals surface area contributed by atoms with Crippen molar-refractivity contribution < 1.29 is 57.4 Å². The molecule has 0 saturated carbocycles. The summed E-state index contributed by atoms with van der Waals surface area (Å²) in [6.45, 7) is 27.9. The number of rotatable bonds is 54. The van der Waals surface area contributed by atoms with Gasteiger partial charge in [0.05, 0.1) is 32.0 Å². The van der Waals surface area contributed by atoms with E-state index in [4.69, 9.17) is 14.2 Å². The van der Waals surface area contributed by atoms with Crippen LogP contribution in [0.15, 0.2) is 12.2 Å². The maximum Gasteiger partial charge on any atom is 0.245 e. The van der Waals surface area contributed by atoms with Crippen molar-refractivity contribution in [2.24, 2.45) is 21.7 Å². The maximum atomic E-state index is 13.8. The van der Waals surface area contributed by atoms with Gasteiger partial charge in [0.1, 0.15) is 12.4 Å². The molecule has 0 radical (unpaired) electrons. The Morgan fingerprint density at radius 2 is 0.670 bits per heavy atom. The second kappa shape index (κ2) is 49.0. The first-order chi connectivity index (χ1) is 41.4. The highest BCUT2D eigenvalue weighted by Gasteiger charge is 2.33. The molecule has 19 nitrogen and oxygen atoms in total. The normalized spacial score (nSPS) is 12.7. The monoisotopic (exact) mass is 1250 g/mol. The highest BCUT2D eigenvalue weighted by molar-refractivity contribution is 5.89. The Balaban J connectivity index is 5.73. The molecular weight excluding hydrogens is 1120 g/mol. The summed E-state index contributed by atoms with van der Waals surface area (Å²) in [4.78, 5) is 115. The molecule has 0 bridgehead atoms. The van der Waals surface area contributed by atoms with Crippen LogP contribution in [-0.4, -0.2) is 137 Å². The van der Waals surface area contributed by atoms with Crippen LogP contribution in [0.4, 0.5) is 0 Å². The van der Waals surface area contributed by atoms with Gasteiger partial charge in [-0.05, 0) is 118 Å². The van der Waals surface area contributed by atoms with Crippen molar-refractivity contribution in [3.8, 4) is 0 Å². The highest BCUT2D eigenvalue weighted by Crippen LogP contribution is 2.24. The number of allylic oxidation sites excluding steroid dienone is 2. The summed E-state index contributed by atoms with van der Waals surface area (Å²) in [6, 6.07) is 0. The standard InChI is InChI=1S/C69H127N7O12/c1-65(2,3)39-21-17-30-56(77)31-20-25-45-71-61(82)37-50-87-54-69(43-52-86-53-64(85)75-49-28-47-73-59(80)33-19-23-41-67(7,8)9,55-88-51-38-62(83)74-48-27-46-72-58(79)32-18-22-40-66(4,5)6)76-63(84)35-26-34-60(81)70-44-24-15-13-14-16-29-57(78)36-42-68(10,11)12/h36,42H,13-35,37-41,43-55H2,1-12H3,(H,70,81)(H,71,82)(H,72,79)(H,73,80)(H,74,83)(H,75,85)(H,76,84)/b42-36+. The van der Waals surface area contributed by atoms with E-state index in [0.29, 0.717) is 97.1 Å². The van der Waals surface area contributed by atoms with Crippen molar-refractivity contribution in [3.63, 3.8) is 0 Å². The molecule has 7 N–H and O–H groups in total. The van der Waals surface area contributed by atoms with Gasteiger partial charge >= 0.3 is 0 Å². The third kappa shape index (κ3) is 57.7. The first-order valence-corrected chi connectivity index (χ1v) is 33.8. The predicted molar refractivity (Wildman–Crippen MR) is 352 cm³/mol. The lowest BCUT2D eigenvalue weighted by atomic mass is 9.89. The zero-order valence-electron chi connectivity index (χ0n) is 57.5. The van der Waals surface area contributed by atoms with Gasteiger partial charge in [-0.15, -0.1) is 0 Å². The number of carbonyl (C=O) groups is 9. The molecule has 510 valence electrons. The first kappa shape index (κ1) is 83.2. The summed E-state index contributed by atoms with van der Waals surface area (Å²) in [5, 5.41) is 20.5. The molecule has 0 aliphatic heterocycles. The maximum absolute atomic E-state index is 13.8. The molecule has 0 aliphatic carbocycles. The molecule has 0 spiro atoms. The minimum absolute atomic E-state index is 0.00388. The van der Waals surface area contributed by atoms with Crippen LogP contribution < -0.4 is 37.2 Å². The molecule has 0 rings (SSSR count). The average molecular weight is 1250 g/mol. The van der Waals surface area contributed by atoms with E-state index in [1.807, 2.05) is 6.08 Å². The summed E-state index contributed by atoms with van der Waals surface area (Å²) < 4.78 is 18.1. The van der Waals surface area contributed by atoms with Crippen molar-refractivity contribution in [1.82, 2.24) is 37.2 Å². The first-order valence-electron chi connectivity index (χ1n) is 33.8. The Labute approximate surface area is 533 Å². The second-order valence-corrected chi connectivity index (χ2v) is 28.9. The van der Waals surface area contributed by atoms with Crippen LogP contribution in [0.5, 0.6) is 0 Å². The number of hydrogen-bond acceptors (Lipinski definition) is 12. The molecule has 1 atom stereocenters. The van der Waals surface area contributed by atoms with Gasteiger partial charge in [-0.25, -0.2) is 0 Å². The fourth-order valence-corrected chi connectivity index (χ4v) is 9.23. The van der Waals surface area contributed by atoms with Gasteiger partial charge in [-0.2, -0.15) is 0 Å². The van der Waals surface area contributed by atoms with Crippen LogP contribution >= 0.6 is 0 Å². The van der Waals surface area contributed by atoms with Gasteiger partial charge in [0.2, 0.25) is 41.4 Å². The summed E-state index contributed by atoms with van der Waals surface area (Å²) in [5.74, 6) is -1.01. The quantitative estimate of drug-likeness (QED) is 0.0221. The fourth-order valence-electron chi connectivity index (χ4n) is 9.23. The fraction of sp³-hybridized carbons (Fsp3) is 0.841. The van der Waals surface area contributed by atoms with Crippen molar-refractivity contribution in [2.75, 3.05) is 78.9 Å². The summed E-state index contributed by atoms with van der Waals surface area (Å²) in [7, 11) is 0. The Morgan fingerprint density at radius 1 is 0.318 bits per heavy atom. The number of unbranched alkanes of at least 4 members (excludes halogenated alkanes) is 8. The number of carbonyl (C=O) groups excluding carboxylic acids is 9. The number of Topliss-reactive ketones (excluding diaryl/α,β-unsaturated/α-hetero) is 1. The molecule has 0 heterocycles. The molecule has 0 aromatic carbocycles. The Morgan fingerprint density at radius 3 is 1.12 bits per heavy atom. The van der Waals surface area contributed by atoms with E-state index in [2.05, 4.69) is 120 Å². The van der Waals surface area contributed by atoms with E-state index in [1.54, 1.807) is 6.08 Å². The van der Waals surface area contributed by atoms with Gasteiger partial charge in [0.15, 0.2) is 5.78 Å². The largest absolute Gasteiger partial charge is 0.378 e. The number of ether oxygens (including phenoxy) is 3. The van der Waals surface area contributed by atoms with Crippen LogP contribution in [0.25, 0.3) is 0 Å². The van der Waals surface area contributed by atoms with E-state index in [9.17, 15) is 43.2 Å². The lowest BCUT2D eigenvalue weighted by Crippen LogP contribution is -2.56. The van der Waals surface area contributed by atoms with Crippen LogP contribution in [0.3, 0.4) is 0 Å². The molecule has 0 aromatic rings. The van der Waals surface area contributed by atoms with Crippen LogP contribution in [0, 0.1) is 21.7 Å². The van der Waals surface area contributed by atoms with Gasteiger partial charge < -0.3 is 51.4 Å². The summed E-state index contributed by atoms with van der Waals surface area (Å²) in [6.07, 6.45) is 22.3. The summed E-state index contributed by atoms with van der Waals surface area (Å²) in [5.41, 5.74) is -0.557. The van der Waals surface area contributed by atoms with E-state index in [-0.39, 0.29) is 153 Å². The van der Waals surface area contributed by atoms with Crippen LogP contribution in [-0.2, 0) is 57.4 Å². The van der Waals surface area contributed by atoms with Crippen molar-refractivity contribution in [1.29, 1.82) is 0 Å². The third-order valence-electron chi connectivity index (χ3n) is 14.6. The minimum atomic E-state index is -1.24. The smallest absolute Gasteiger partial charge is 0.245 e. The van der Waals surface area contributed by atoms with Crippen molar-refractivity contribution in [2.45, 2.75) is 275 Å². The Bertz CT molecular complexity index is 1850. The van der Waals surface area contributed by atoms with Crippen LogP contribution in [0.1, 0.15) is 269 Å². The zero-order chi connectivity index (χ0) is 66.2. The molecule has 0 aromatic heterocycles.